The molecule has 0 bridgehead atoms. The fraction of sp³-hybridized carbons (Fsp3) is 0.571. The summed E-state index contributed by atoms with van der Waals surface area (Å²) in [7, 11) is 0. The summed E-state index contributed by atoms with van der Waals surface area (Å²) in [6.45, 7) is 0. The van der Waals surface area contributed by atoms with Crippen molar-refractivity contribution in [3.05, 3.63) is 23.8 Å². The van der Waals surface area contributed by atoms with Crippen molar-refractivity contribution in [1.82, 2.24) is 0 Å². The average molecular weight is 254 g/mol. The second-order valence-corrected chi connectivity index (χ2v) is 5.03. The van der Waals surface area contributed by atoms with Crippen LogP contribution in [0.25, 0.3) is 0 Å². The molecular formula is C14H16F2O2. The van der Waals surface area contributed by atoms with Gasteiger partial charge in [0.1, 0.15) is 0 Å². The van der Waals surface area contributed by atoms with Crippen LogP contribution in [-0.4, -0.2) is 12.2 Å². The second-order valence-electron chi connectivity index (χ2n) is 5.03. The molecule has 0 aromatic heterocycles. The summed E-state index contributed by atoms with van der Waals surface area (Å²) >= 11 is 0. The Labute approximate surface area is 105 Å². The molecule has 2 fully saturated rings. The SMILES string of the molecule is Fc1c(OC2CCCC2)ccc(OC2CC2)c1F. The summed E-state index contributed by atoms with van der Waals surface area (Å²) in [6.07, 6.45) is 5.94. The van der Waals surface area contributed by atoms with Crippen LogP contribution < -0.4 is 9.47 Å². The van der Waals surface area contributed by atoms with Gasteiger partial charge in [-0.2, -0.15) is 8.78 Å². The van der Waals surface area contributed by atoms with Gasteiger partial charge in [0.25, 0.3) is 0 Å². The highest BCUT2D eigenvalue weighted by Gasteiger charge is 2.27. The maximum absolute atomic E-state index is 13.8. The van der Waals surface area contributed by atoms with Gasteiger partial charge < -0.3 is 9.47 Å². The normalized spacial score (nSPS) is 20.1. The van der Waals surface area contributed by atoms with Crippen molar-refractivity contribution in [3.8, 4) is 11.5 Å². The Hall–Kier alpha value is -1.32. The van der Waals surface area contributed by atoms with Crippen LogP contribution in [0.3, 0.4) is 0 Å². The predicted octanol–water partition coefficient (Wildman–Crippen LogP) is 3.83. The van der Waals surface area contributed by atoms with Gasteiger partial charge in [-0.3, -0.25) is 0 Å². The molecule has 1 aromatic carbocycles. The van der Waals surface area contributed by atoms with Gasteiger partial charge in [0.15, 0.2) is 11.5 Å². The summed E-state index contributed by atoms with van der Waals surface area (Å²) in [5.74, 6) is -1.87. The predicted molar refractivity (Wildman–Crippen MR) is 62.9 cm³/mol. The molecule has 0 atom stereocenters. The van der Waals surface area contributed by atoms with Crippen LogP contribution in [0, 0.1) is 11.6 Å². The fourth-order valence-electron chi connectivity index (χ4n) is 2.25. The van der Waals surface area contributed by atoms with Gasteiger partial charge in [-0.15, -0.1) is 0 Å². The van der Waals surface area contributed by atoms with Gasteiger partial charge >= 0.3 is 0 Å². The third kappa shape index (κ3) is 2.42. The Balaban J connectivity index is 1.75. The van der Waals surface area contributed by atoms with Crippen molar-refractivity contribution in [2.24, 2.45) is 0 Å². The lowest BCUT2D eigenvalue weighted by molar-refractivity contribution is 0.196. The third-order valence-electron chi connectivity index (χ3n) is 3.43. The zero-order valence-corrected chi connectivity index (χ0v) is 10.1. The molecule has 0 unspecified atom stereocenters. The quantitative estimate of drug-likeness (QED) is 0.813. The van der Waals surface area contributed by atoms with Crippen LogP contribution in [0.2, 0.25) is 0 Å². The maximum atomic E-state index is 13.8. The van der Waals surface area contributed by atoms with E-state index >= 15 is 0 Å². The van der Waals surface area contributed by atoms with Gasteiger partial charge in [0.05, 0.1) is 12.2 Å². The highest BCUT2D eigenvalue weighted by atomic mass is 19.2. The number of ether oxygens (including phenoxy) is 2. The first-order chi connectivity index (χ1) is 8.74. The monoisotopic (exact) mass is 254 g/mol. The van der Waals surface area contributed by atoms with E-state index in [0.717, 1.165) is 38.5 Å². The van der Waals surface area contributed by atoms with Crippen LogP contribution in [0.15, 0.2) is 12.1 Å². The first-order valence-electron chi connectivity index (χ1n) is 6.55. The van der Waals surface area contributed by atoms with Crippen molar-refractivity contribution in [3.63, 3.8) is 0 Å². The molecule has 2 saturated carbocycles. The van der Waals surface area contributed by atoms with Crippen molar-refractivity contribution in [2.45, 2.75) is 50.7 Å². The van der Waals surface area contributed by atoms with Crippen LogP contribution in [0.5, 0.6) is 11.5 Å². The number of hydrogen-bond donors (Lipinski definition) is 0. The van der Waals surface area contributed by atoms with Crippen molar-refractivity contribution in [1.29, 1.82) is 0 Å². The van der Waals surface area contributed by atoms with Crippen LogP contribution in [0.1, 0.15) is 38.5 Å². The van der Waals surface area contributed by atoms with Gasteiger partial charge in [0, 0.05) is 0 Å². The Bertz CT molecular complexity index is 438. The van der Waals surface area contributed by atoms with Crippen molar-refractivity contribution in [2.75, 3.05) is 0 Å². The molecule has 98 valence electrons. The topological polar surface area (TPSA) is 18.5 Å². The van der Waals surface area contributed by atoms with E-state index in [0.29, 0.717) is 0 Å². The molecule has 1 aromatic rings. The standard InChI is InChI=1S/C14H16F2O2/c15-13-11(17-9-3-1-2-4-9)7-8-12(14(13)16)18-10-5-6-10/h7-10H,1-6H2. The number of halogens is 2. The first kappa shape index (κ1) is 11.8. The number of hydrogen-bond acceptors (Lipinski definition) is 2. The maximum Gasteiger partial charge on any atom is 0.204 e. The smallest absolute Gasteiger partial charge is 0.204 e. The van der Waals surface area contributed by atoms with Gasteiger partial charge in [0.2, 0.25) is 11.6 Å². The van der Waals surface area contributed by atoms with Crippen molar-refractivity contribution >= 4 is 0 Å². The molecule has 0 aliphatic heterocycles. The molecular weight excluding hydrogens is 238 g/mol. The molecule has 0 N–H and O–H groups in total. The first-order valence-corrected chi connectivity index (χ1v) is 6.55. The minimum Gasteiger partial charge on any atom is -0.487 e. The second kappa shape index (κ2) is 4.75. The fourth-order valence-corrected chi connectivity index (χ4v) is 2.25. The third-order valence-corrected chi connectivity index (χ3v) is 3.43. The van der Waals surface area contributed by atoms with E-state index in [4.69, 9.17) is 9.47 Å². The molecule has 0 amide bonds. The molecule has 2 aliphatic rings. The van der Waals surface area contributed by atoms with Crippen LogP contribution >= 0.6 is 0 Å². The summed E-state index contributed by atoms with van der Waals surface area (Å²) < 4.78 is 38.3. The molecule has 0 heterocycles. The van der Waals surface area contributed by atoms with E-state index in [1.807, 2.05) is 0 Å². The summed E-state index contributed by atoms with van der Waals surface area (Å²) in [5, 5.41) is 0. The number of benzene rings is 1. The molecule has 2 nitrogen and oxygen atoms in total. The number of rotatable bonds is 4. The average Bonchev–Trinajstić information content (AvgIpc) is 3.03. The largest absolute Gasteiger partial charge is 0.487 e. The van der Waals surface area contributed by atoms with E-state index in [1.54, 1.807) is 0 Å². The van der Waals surface area contributed by atoms with Gasteiger partial charge in [-0.25, -0.2) is 0 Å². The summed E-state index contributed by atoms with van der Waals surface area (Å²) in [5.41, 5.74) is 0. The molecule has 0 spiro atoms. The molecule has 3 rings (SSSR count). The van der Waals surface area contributed by atoms with Gasteiger partial charge in [-0.05, 0) is 50.7 Å². The Morgan fingerprint density at radius 1 is 0.778 bits per heavy atom. The molecule has 0 radical (unpaired) electrons. The van der Waals surface area contributed by atoms with Gasteiger partial charge in [-0.1, -0.05) is 0 Å². The molecule has 18 heavy (non-hydrogen) atoms. The molecule has 2 aliphatic carbocycles. The Kier molecular flexibility index (Phi) is 3.10. The zero-order chi connectivity index (χ0) is 12.5. The van der Waals surface area contributed by atoms with Crippen LogP contribution in [0.4, 0.5) is 8.78 Å². The lowest BCUT2D eigenvalue weighted by atomic mass is 10.2. The Morgan fingerprint density at radius 3 is 1.67 bits per heavy atom. The van der Waals surface area contributed by atoms with Crippen LogP contribution in [-0.2, 0) is 0 Å². The summed E-state index contributed by atoms with van der Waals surface area (Å²) in [4.78, 5) is 0. The lowest BCUT2D eigenvalue weighted by Crippen LogP contribution is -2.12. The highest BCUT2D eigenvalue weighted by Crippen LogP contribution is 2.34. The van der Waals surface area contributed by atoms with Crippen molar-refractivity contribution < 1.29 is 18.3 Å². The molecule has 4 heteroatoms. The lowest BCUT2D eigenvalue weighted by Gasteiger charge is -2.15. The van der Waals surface area contributed by atoms with E-state index in [1.165, 1.54) is 12.1 Å². The highest BCUT2D eigenvalue weighted by molar-refractivity contribution is 5.35. The Morgan fingerprint density at radius 2 is 1.22 bits per heavy atom. The zero-order valence-electron chi connectivity index (χ0n) is 10.1. The van der Waals surface area contributed by atoms with E-state index < -0.39 is 11.6 Å². The summed E-state index contributed by atoms with van der Waals surface area (Å²) in [6, 6.07) is 2.93. The van der Waals surface area contributed by atoms with E-state index in [2.05, 4.69) is 0 Å². The van der Waals surface area contributed by atoms with E-state index in [-0.39, 0.29) is 23.7 Å². The minimum atomic E-state index is -0.933. The minimum absolute atomic E-state index is 0.00236. The molecule has 0 saturated heterocycles. The van der Waals surface area contributed by atoms with E-state index in [9.17, 15) is 8.78 Å².